The number of hydrogen-bond donors (Lipinski definition) is 0. The zero-order valence-corrected chi connectivity index (χ0v) is 29.8. The average molecular weight is 658 g/mol. The van der Waals surface area contributed by atoms with Gasteiger partial charge in [-0.3, -0.25) is 0 Å². The number of piperidine rings is 1. The van der Waals surface area contributed by atoms with E-state index >= 15 is 0 Å². The molecule has 5 heteroatoms. The summed E-state index contributed by atoms with van der Waals surface area (Å²) in [5.41, 5.74) is 7.17. The summed E-state index contributed by atoms with van der Waals surface area (Å²) in [5, 5.41) is 1.14. The van der Waals surface area contributed by atoms with E-state index in [0.717, 1.165) is 52.7 Å². The monoisotopic (exact) mass is 657 g/mol. The Morgan fingerprint density at radius 2 is 1.43 bits per heavy atom. The number of nitrogens with zero attached hydrogens (tertiary/aromatic N) is 2. The Bertz CT molecular complexity index is 2040. The normalized spacial score (nSPS) is 15.6. The summed E-state index contributed by atoms with van der Waals surface area (Å²) in [6.07, 6.45) is 4.84. The van der Waals surface area contributed by atoms with Crippen molar-refractivity contribution in [1.29, 1.82) is 0 Å². The highest BCUT2D eigenvalue weighted by Crippen LogP contribution is 2.46. The maximum atomic E-state index is 6.86. The number of anilines is 2. The molecule has 0 bridgehead atoms. The number of rotatable bonds is 6. The van der Waals surface area contributed by atoms with Crippen LogP contribution in [0.5, 0.6) is 0 Å². The number of benzene rings is 5. The zero-order valence-electron chi connectivity index (χ0n) is 28.1. The Labute approximate surface area is 286 Å². The summed E-state index contributed by atoms with van der Waals surface area (Å²) < 4.78 is 10.8. The minimum atomic E-state index is -0.507. The fourth-order valence-corrected chi connectivity index (χ4v) is 9.49. The van der Waals surface area contributed by atoms with Crippen molar-refractivity contribution in [2.45, 2.75) is 43.4 Å². The molecule has 0 aromatic heterocycles. The predicted octanol–water partition coefficient (Wildman–Crippen LogP) is 11.3. The van der Waals surface area contributed by atoms with Crippen LogP contribution in [0.15, 0.2) is 136 Å². The highest BCUT2D eigenvalue weighted by molar-refractivity contribution is 7.97. The third kappa shape index (κ3) is 6.67. The van der Waals surface area contributed by atoms with Gasteiger partial charge in [0.15, 0.2) is 0 Å². The van der Waals surface area contributed by atoms with E-state index in [0.29, 0.717) is 5.41 Å². The topological polar surface area (TPSA) is 19.6 Å². The summed E-state index contributed by atoms with van der Waals surface area (Å²) in [7, 11) is 1.61. The summed E-state index contributed by atoms with van der Waals surface area (Å²) in [6, 6.07) is 43.9. The van der Waals surface area contributed by atoms with Gasteiger partial charge in [0.05, 0.1) is 6.26 Å². The molecule has 0 N–H and O–H groups in total. The van der Waals surface area contributed by atoms with Crippen LogP contribution in [0.4, 0.5) is 11.4 Å². The highest BCUT2D eigenvalue weighted by atomic mass is 32.2. The van der Waals surface area contributed by atoms with Crippen LogP contribution in [-0.2, 0) is 10.5 Å². The Balaban J connectivity index is 1.37. The van der Waals surface area contributed by atoms with E-state index in [9.17, 15) is 0 Å². The van der Waals surface area contributed by atoms with E-state index in [2.05, 4.69) is 165 Å². The van der Waals surface area contributed by atoms with Gasteiger partial charge in [-0.1, -0.05) is 75.4 Å². The fourth-order valence-electron chi connectivity index (χ4n) is 6.88. The van der Waals surface area contributed by atoms with E-state index in [-0.39, 0.29) is 0 Å². The van der Waals surface area contributed by atoms with Gasteiger partial charge < -0.3 is 9.32 Å². The zero-order chi connectivity index (χ0) is 32.5. The van der Waals surface area contributed by atoms with Gasteiger partial charge in [0.2, 0.25) is 0 Å². The molecule has 1 unspecified atom stereocenters. The molecule has 3 aliphatic rings. The van der Waals surface area contributed by atoms with Crippen molar-refractivity contribution in [2.24, 2.45) is 11.3 Å². The van der Waals surface area contributed by atoms with E-state index < -0.39 is 10.5 Å². The van der Waals surface area contributed by atoms with E-state index in [1.165, 1.54) is 38.3 Å². The lowest BCUT2D eigenvalue weighted by Gasteiger charge is -2.38. The van der Waals surface area contributed by atoms with Gasteiger partial charge in [0.25, 0.3) is 0 Å². The van der Waals surface area contributed by atoms with Crippen LogP contribution in [0.25, 0.3) is 33.4 Å². The molecule has 1 fully saturated rings. The molecular formula is C42H45N2OS2+. The van der Waals surface area contributed by atoms with Gasteiger partial charge in [-0.25, -0.2) is 4.31 Å². The lowest BCUT2D eigenvalue weighted by atomic mass is 9.76. The van der Waals surface area contributed by atoms with Crippen LogP contribution >= 0.6 is 11.9 Å². The standard InChI is InChI=1S/C42H44N2OS2/c1-42(2,3)30-24-26-44(27-25-30)46-40-19-13-12-18-37(40)41-35-22-20-32(43(4)31-14-8-6-9-15-31)28-38(35)45-39-29-34(21-23-36(39)41)47(5)33-16-10-7-11-17-33/h6-23,28-30H,24-27H2,1-5H3/p+1. The summed E-state index contributed by atoms with van der Waals surface area (Å²) in [6.45, 7) is 9.41. The van der Waals surface area contributed by atoms with Crippen molar-refractivity contribution in [3.63, 3.8) is 0 Å². The maximum Gasteiger partial charge on any atom is 0.140 e. The largest absolute Gasteiger partial charge is 0.456 e. The quantitative estimate of drug-likeness (QED) is 0.0583. The Kier molecular flexibility index (Phi) is 9.06. The molecule has 1 atom stereocenters. The van der Waals surface area contributed by atoms with Crippen molar-refractivity contribution in [2.75, 3.05) is 31.3 Å². The third-order valence-corrected chi connectivity index (χ3v) is 13.1. The van der Waals surface area contributed by atoms with Gasteiger partial charge in [-0.15, -0.1) is 10.5 Å². The molecule has 0 saturated carbocycles. The van der Waals surface area contributed by atoms with Crippen LogP contribution in [0.3, 0.4) is 0 Å². The third-order valence-electron chi connectivity index (χ3n) is 9.81. The first-order valence-corrected chi connectivity index (χ1v) is 19.3. The second kappa shape index (κ2) is 13.4. The fraction of sp³-hybridized carbons (Fsp3) is 0.262. The lowest BCUT2D eigenvalue weighted by Crippen LogP contribution is -2.34. The molecular weight excluding hydrogens is 613 g/mol. The maximum absolute atomic E-state index is 6.86. The minimum Gasteiger partial charge on any atom is -0.456 e. The first-order chi connectivity index (χ1) is 22.8. The van der Waals surface area contributed by atoms with E-state index in [1.54, 1.807) is 0 Å². The Morgan fingerprint density at radius 1 is 0.745 bits per heavy atom. The van der Waals surface area contributed by atoms with Gasteiger partial charge in [0, 0.05) is 65.1 Å². The molecule has 7 rings (SSSR count). The van der Waals surface area contributed by atoms with Crippen molar-refractivity contribution < 1.29 is 4.42 Å². The summed E-state index contributed by atoms with van der Waals surface area (Å²) in [5.74, 6) is 1.70. The summed E-state index contributed by atoms with van der Waals surface area (Å²) >= 11 is 1.92. The molecule has 4 aromatic rings. The van der Waals surface area contributed by atoms with Crippen molar-refractivity contribution in [3.05, 3.63) is 126 Å². The predicted molar refractivity (Wildman–Crippen MR) is 205 cm³/mol. The molecule has 0 amide bonds. The van der Waals surface area contributed by atoms with Crippen LogP contribution < -0.4 is 4.90 Å². The van der Waals surface area contributed by atoms with E-state index in [4.69, 9.17) is 4.42 Å². The Hall–Kier alpha value is -3.77. The minimum absolute atomic E-state index is 0.367. The molecule has 1 aliphatic carbocycles. The van der Waals surface area contributed by atoms with Gasteiger partial charge >= 0.3 is 0 Å². The first kappa shape index (κ1) is 31.8. The van der Waals surface area contributed by atoms with E-state index in [1.807, 2.05) is 11.9 Å². The van der Waals surface area contributed by atoms with Crippen molar-refractivity contribution in [1.82, 2.24) is 4.31 Å². The van der Waals surface area contributed by atoms with Crippen LogP contribution in [0.2, 0.25) is 0 Å². The second-order valence-electron chi connectivity index (χ2n) is 13.8. The highest BCUT2D eigenvalue weighted by Gasteiger charge is 2.30. The first-order valence-electron chi connectivity index (χ1n) is 16.7. The summed E-state index contributed by atoms with van der Waals surface area (Å²) in [4.78, 5) is 4.89. The second-order valence-corrected chi connectivity index (χ2v) is 17.1. The molecule has 2 heterocycles. The average Bonchev–Trinajstić information content (AvgIpc) is 3.10. The molecule has 1 saturated heterocycles. The number of hydrogen-bond acceptors (Lipinski definition) is 4. The number of para-hydroxylation sites is 1. The lowest BCUT2D eigenvalue weighted by molar-refractivity contribution is 0.159. The van der Waals surface area contributed by atoms with Crippen molar-refractivity contribution in [3.8, 4) is 22.5 Å². The van der Waals surface area contributed by atoms with Gasteiger partial charge in [0.1, 0.15) is 20.7 Å². The molecule has 0 radical (unpaired) electrons. The van der Waals surface area contributed by atoms with Gasteiger partial charge in [-0.05, 0) is 96.3 Å². The molecule has 3 nitrogen and oxygen atoms in total. The van der Waals surface area contributed by atoms with Crippen LogP contribution in [0.1, 0.15) is 33.6 Å². The number of fused-ring (bicyclic) bond motifs is 2. The van der Waals surface area contributed by atoms with Crippen molar-refractivity contribution >= 4 is 44.8 Å². The smallest absolute Gasteiger partial charge is 0.140 e. The Morgan fingerprint density at radius 3 is 2.15 bits per heavy atom. The molecule has 0 spiro atoms. The van der Waals surface area contributed by atoms with Crippen LogP contribution in [-0.4, -0.2) is 30.7 Å². The molecule has 240 valence electrons. The molecule has 47 heavy (non-hydrogen) atoms. The number of thiol groups is 1. The molecule has 2 aliphatic heterocycles. The SMILES string of the molecule is CN(c1ccccc1)c1ccc2c(-c3ccccc3SN3CCC(C(C)(C)C)CC3)c3ccc(=[SH+](C)c4ccccc4)cc-3oc2c1. The molecule has 4 aromatic carbocycles. The van der Waals surface area contributed by atoms with Crippen LogP contribution in [0, 0.1) is 15.8 Å². The van der Waals surface area contributed by atoms with Gasteiger partial charge in [-0.2, -0.15) is 0 Å².